The molecule has 2 N–H and O–H groups in total. The molecule has 2 saturated carbocycles. The van der Waals surface area contributed by atoms with E-state index >= 15 is 0 Å². The van der Waals surface area contributed by atoms with Crippen LogP contribution in [0.1, 0.15) is 77.0 Å². The van der Waals surface area contributed by atoms with E-state index in [-0.39, 0.29) is 0 Å². The molecule has 94 valence electrons. The smallest absolute Gasteiger partial charge is 0.00697 e. The van der Waals surface area contributed by atoms with Crippen LogP contribution in [-0.2, 0) is 0 Å². The van der Waals surface area contributed by atoms with Crippen LogP contribution in [0.2, 0.25) is 0 Å². The normalized spacial score (nSPS) is 27.6. The van der Waals surface area contributed by atoms with Crippen molar-refractivity contribution in [2.24, 2.45) is 17.6 Å². The van der Waals surface area contributed by atoms with Crippen LogP contribution in [-0.4, -0.2) is 6.04 Å². The van der Waals surface area contributed by atoms with Gasteiger partial charge in [0.05, 0.1) is 0 Å². The molecule has 2 aliphatic carbocycles. The van der Waals surface area contributed by atoms with Crippen molar-refractivity contribution in [1.82, 2.24) is 0 Å². The van der Waals surface area contributed by atoms with E-state index in [0.717, 1.165) is 11.8 Å². The summed E-state index contributed by atoms with van der Waals surface area (Å²) in [6, 6.07) is 0.515. The Morgan fingerprint density at radius 3 is 1.88 bits per heavy atom. The van der Waals surface area contributed by atoms with Gasteiger partial charge in [-0.15, -0.1) is 0 Å². The lowest BCUT2D eigenvalue weighted by Gasteiger charge is -2.27. The Hall–Kier alpha value is -0.0400. The minimum atomic E-state index is 0.515. The fourth-order valence-electron chi connectivity index (χ4n) is 3.74. The first-order valence-corrected chi connectivity index (χ1v) is 7.62. The average Bonchev–Trinajstić information content (AvgIpc) is 2.69. The largest absolute Gasteiger partial charge is 0.327 e. The van der Waals surface area contributed by atoms with Gasteiger partial charge in [0.25, 0.3) is 0 Å². The van der Waals surface area contributed by atoms with Crippen molar-refractivity contribution in [3.05, 3.63) is 0 Å². The summed E-state index contributed by atoms with van der Waals surface area (Å²) in [4.78, 5) is 0. The summed E-state index contributed by atoms with van der Waals surface area (Å²) in [7, 11) is 0. The molecule has 0 radical (unpaired) electrons. The summed E-state index contributed by atoms with van der Waals surface area (Å²) >= 11 is 0. The van der Waals surface area contributed by atoms with Crippen LogP contribution in [0.15, 0.2) is 0 Å². The maximum Gasteiger partial charge on any atom is 0.00697 e. The van der Waals surface area contributed by atoms with Gasteiger partial charge in [-0.2, -0.15) is 0 Å². The Morgan fingerprint density at radius 1 is 0.750 bits per heavy atom. The van der Waals surface area contributed by atoms with Gasteiger partial charge in [-0.25, -0.2) is 0 Å². The molecule has 0 aromatic rings. The van der Waals surface area contributed by atoms with Crippen LogP contribution in [0, 0.1) is 11.8 Å². The van der Waals surface area contributed by atoms with E-state index in [9.17, 15) is 0 Å². The second-order valence-corrected chi connectivity index (χ2v) is 6.16. The summed E-state index contributed by atoms with van der Waals surface area (Å²) in [6.45, 7) is 0. The molecule has 0 bridgehead atoms. The van der Waals surface area contributed by atoms with E-state index in [2.05, 4.69) is 0 Å². The fourth-order valence-corrected chi connectivity index (χ4v) is 3.74. The Balaban J connectivity index is 1.74. The van der Waals surface area contributed by atoms with Crippen molar-refractivity contribution >= 4 is 0 Å². The summed E-state index contributed by atoms with van der Waals surface area (Å²) in [5, 5.41) is 0. The van der Waals surface area contributed by atoms with Gasteiger partial charge in [-0.05, 0) is 31.1 Å². The third-order valence-corrected chi connectivity index (χ3v) is 4.84. The molecular weight excluding hydrogens is 194 g/mol. The van der Waals surface area contributed by atoms with E-state index in [0.29, 0.717) is 6.04 Å². The van der Waals surface area contributed by atoms with Crippen molar-refractivity contribution in [2.45, 2.75) is 83.1 Å². The van der Waals surface area contributed by atoms with E-state index in [1.807, 2.05) is 0 Å². The van der Waals surface area contributed by atoms with Crippen LogP contribution in [0.25, 0.3) is 0 Å². The van der Waals surface area contributed by atoms with Crippen molar-refractivity contribution in [3.8, 4) is 0 Å². The maximum atomic E-state index is 6.45. The molecule has 16 heavy (non-hydrogen) atoms. The molecule has 0 aliphatic heterocycles. The minimum Gasteiger partial charge on any atom is -0.327 e. The molecule has 0 heterocycles. The summed E-state index contributed by atoms with van der Waals surface area (Å²) in [6.07, 6.45) is 17.2. The Labute approximate surface area is 101 Å². The lowest BCUT2D eigenvalue weighted by atomic mass is 9.82. The maximum absolute atomic E-state index is 6.45. The lowest BCUT2D eigenvalue weighted by molar-refractivity contribution is 0.285. The molecule has 2 rings (SSSR count). The SMILES string of the molecule is NC(CC1CCCC1)C1CCCCCCC1. The quantitative estimate of drug-likeness (QED) is 0.760. The van der Waals surface area contributed by atoms with Crippen LogP contribution < -0.4 is 5.73 Å². The lowest BCUT2D eigenvalue weighted by Crippen LogP contribution is -2.32. The third kappa shape index (κ3) is 3.76. The van der Waals surface area contributed by atoms with E-state index in [4.69, 9.17) is 5.73 Å². The number of hydrogen-bond acceptors (Lipinski definition) is 1. The van der Waals surface area contributed by atoms with E-state index in [1.54, 1.807) is 0 Å². The zero-order chi connectivity index (χ0) is 11.2. The number of nitrogens with two attached hydrogens (primary N) is 1. The highest BCUT2D eigenvalue weighted by atomic mass is 14.7. The molecule has 0 saturated heterocycles. The summed E-state index contributed by atoms with van der Waals surface area (Å²) < 4.78 is 0. The molecule has 1 heteroatoms. The zero-order valence-electron chi connectivity index (χ0n) is 10.8. The van der Waals surface area contributed by atoms with Crippen LogP contribution >= 0.6 is 0 Å². The average molecular weight is 223 g/mol. The molecule has 0 spiro atoms. The predicted molar refractivity (Wildman–Crippen MR) is 70.4 cm³/mol. The standard InChI is InChI=1S/C15H29N/c16-15(12-13-8-6-7-9-13)14-10-4-2-1-3-5-11-14/h13-15H,1-12,16H2. The Bertz CT molecular complexity index is 176. The molecule has 2 aliphatic rings. The monoisotopic (exact) mass is 223 g/mol. The summed E-state index contributed by atoms with van der Waals surface area (Å²) in [5.41, 5.74) is 6.45. The first kappa shape index (κ1) is 12.4. The molecule has 1 nitrogen and oxygen atoms in total. The van der Waals surface area contributed by atoms with Crippen molar-refractivity contribution in [3.63, 3.8) is 0 Å². The molecule has 0 aromatic heterocycles. The predicted octanol–water partition coefficient (Wildman–Crippen LogP) is 4.25. The van der Waals surface area contributed by atoms with Gasteiger partial charge < -0.3 is 5.73 Å². The molecule has 0 aromatic carbocycles. The second kappa shape index (κ2) is 6.64. The van der Waals surface area contributed by atoms with Crippen LogP contribution in [0.3, 0.4) is 0 Å². The van der Waals surface area contributed by atoms with Gasteiger partial charge in [0.1, 0.15) is 0 Å². The molecule has 1 unspecified atom stereocenters. The molecule has 0 amide bonds. The van der Waals surface area contributed by atoms with Gasteiger partial charge in [0.2, 0.25) is 0 Å². The van der Waals surface area contributed by atoms with Crippen LogP contribution in [0.4, 0.5) is 0 Å². The second-order valence-electron chi connectivity index (χ2n) is 6.16. The highest BCUT2D eigenvalue weighted by molar-refractivity contribution is 4.79. The van der Waals surface area contributed by atoms with Gasteiger partial charge in [0.15, 0.2) is 0 Å². The Morgan fingerprint density at radius 2 is 1.25 bits per heavy atom. The van der Waals surface area contributed by atoms with E-state index in [1.165, 1.54) is 77.0 Å². The third-order valence-electron chi connectivity index (χ3n) is 4.84. The van der Waals surface area contributed by atoms with Crippen LogP contribution in [0.5, 0.6) is 0 Å². The molecule has 2 fully saturated rings. The number of rotatable bonds is 3. The van der Waals surface area contributed by atoms with Crippen molar-refractivity contribution in [1.29, 1.82) is 0 Å². The van der Waals surface area contributed by atoms with Gasteiger partial charge >= 0.3 is 0 Å². The topological polar surface area (TPSA) is 26.0 Å². The highest BCUT2D eigenvalue weighted by Crippen LogP contribution is 2.32. The first-order chi connectivity index (χ1) is 7.86. The van der Waals surface area contributed by atoms with Gasteiger partial charge in [-0.1, -0.05) is 57.8 Å². The van der Waals surface area contributed by atoms with Gasteiger partial charge in [-0.3, -0.25) is 0 Å². The minimum absolute atomic E-state index is 0.515. The fraction of sp³-hybridized carbons (Fsp3) is 1.00. The number of hydrogen-bond donors (Lipinski definition) is 1. The first-order valence-electron chi connectivity index (χ1n) is 7.62. The van der Waals surface area contributed by atoms with Gasteiger partial charge in [0, 0.05) is 6.04 Å². The molecule has 1 atom stereocenters. The van der Waals surface area contributed by atoms with Crippen molar-refractivity contribution < 1.29 is 0 Å². The van der Waals surface area contributed by atoms with E-state index < -0.39 is 0 Å². The Kier molecular flexibility index (Phi) is 5.15. The van der Waals surface area contributed by atoms with Crippen molar-refractivity contribution in [2.75, 3.05) is 0 Å². The zero-order valence-corrected chi connectivity index (χ0v) is 10.8. The molecular formula is C15H29N. The highest BCUT2D eigenvalue weighted by Gasteiger charge is 2.23. The summed E-state index contributed by atoms with van der Waals surface area (Å²) in [5.74, 6) is 1.82.